The van der Waals surface area contributed by atoms with Gasteiger partial charge in [0.1, 0.15) is 0 Å². The van der Waals surface area contributed by atoms with E-state index in [-0.39, 0.29) is 0 Å². The van der Waals surface area contributed by atoms with E-state index in [9.17, 15) is 0 Å². The Labute approximate surface area is 119 Å². The van der Waals surface area contributed by atoms with E-state index in [1.165, 1.54) is 31.2 Å². The van der Waals surface area contributed by atoms with E-state index >= 15 is 0 Å². The van der Waals surface area contributed by atoms with Crippen LogP contribution in [0.1, 0.15) is 31.2 Å². The molecule has 1 aliphatic heterocycles. The van der Waals surface area contributed by atoms with Gasteiger partial charge in [-0.25, -0.2) is 4.52 Å². The second-order valence-corrected chi connectivity index (χ2v) is 6.10. The number of fused-ring (bicyclic) bond motifs is 1. The molecule has 106 valence electrons. The predicted octanol–water partition coefficient (Wildman–Crippen LogP) is 1.76. The summed E-state index contributed by atoms with van der Waals surface area (Å²) in [5.74, 6) is 0.895. The zero-order valence-corrected chi connectivity index (χ0v) is 11.9. The molecule has 0 aromatic carbocycles. The van der Waals surface area contributed by atoms with Gasteiger partial charge in [-0.3, -0.25) is 0 Å². The Hall–Kier alpha value is -1.62. The van der Waals surface area contributed by atoms with Crippen molar-refractivity contribution in [3.63, 3.8) is 0 Å². The topological polar surface area (TPSA) is 45.5 Å². The SMILES string of the molecule is Cc1ccc2nc(N(CC3CCCN3)C3CC3)nn2c1. The van der Waals surface area contributed by atoms with Crippen LogP contribution < -0.4 is 10.2 Å². The van der Waals surface area contributed by atoms with Crippen molar-refractivity contribution in [2.24, 2.45) is 0 Å². The molecule has 2 fully saturated rings. The van der Waals surface area contributed by atoms with Crippen molar-refractivity contribution in [2.75, 3.05) is 18.0 Å². The molecule has 5 nitrogen and oxygen atoms in total. The Morgan fingerprint density at radius 1 is 1.35 bits per heavy atom. The van der Waals surface area contributed by atoms with Crippen LogP contribution in [0.4, 0.5) is 5.95 Å². The van der Waals surface area contributed by atoms with Crippen molar-refractivity contribution in [2.45, 2.75) is 44.7 Å². The Balaban J connectivity index is 1.63. The van der Waals surface area contributed by atoms with Gasteiger partial charge in [-0.05, 0) is 50.8 Å². The lowest BCUT2D eigenvalue weighted by Crippen LogP contribution is -2.39. The van der Waals surface area contributed by atoms with Gasteiger partial charge in [-0.2, -0.15) is 4.98 Å². The highest BCUT2D eigenvalue weighted by Gasteiger charge is 2.33. The molecule has 0 amide bonds. The lowest BCUT2D eigenvalue weighted by molar-refractivity contribution is 0.571. The summed E-state index contributed by atoms with van der Waals surface area (Å²) < 4.78 is 1.90. The summed E-state index contributed by atoms with van der Waals surface area (Å²) in [5, 5.41) is 8.26. The standard InChI is InChI=1S/C15H21N5/c1-11-4-7-14-17-15(18-20(14)9-11)19(13-5-6-13)10-12-3-2-8-16-12/h4,7,9,12-13,16H,2-3,5-6,8,10H2,1H3. The Morgan fingerprint density at radius 3 is 3.00 bits per heavy atom. The van der Waals surface area contributed by atoms with E-state index in [1.807, 2.05) is 16.8 Å². The van der Waals surface area contributed by atoms with E-state index in [4.69, 9.17) is 4.98 Å². The first-order chi connectivity index (χ1) is 9.79. The lowest BCUT2D eigenvalue weighted by atomic mass is 10.2. The molecule has 20 heavy (non-hydrogen) atoms. The van der Waals surface area contributed by atoms with Crippen molar-refractivity contribution in [3.05, 3.63) is 23.9 Å². The molecule has 1 saturated carbocycles. The molecule has 1 N–H and O–H groups in total. The number of nitrogens with zero attached hydrogens (tertiary/aromatic N) is 4. The lowest BCUT2D eigenvalue weighted by Gasteiger charge is -2.24. The fraction of sp³-hybridized carbons (Fsp3) is 0.600. The number of pyridine rings is 1. The van der Waals surface area contributed by atoms with E-state index in [0.29, 0.717) is 12.1 Å². The molecule has 2 aromatic heterocycles. The summed E-state index contributed by atoms with van der Waals surface area (Å²) in [6.45, 7) is 4.28. The van der Waals surface area contributed by atoms with Crippen LogP contribution in [-0.4, -0.2) is 39.8 Å². The average Bonchev–Trinajstić information content (AvgIpc) is 2.99. The summed E-state index contributed by atoms with van der Waals surface area (Å²) in [4.78, 5) is 7.12. The van der Waals surface area contributed by atoms with Crippen LogP contribution in [0, 0.1) is 6.92 Å². The number of aromatic nitrogens is 3. The summed E-state index contributed by atoms with van der Waals surface area (Å²) in [7, 11) is 0. The van der Waals surface area contributed by atoms with Gasteiger partial charge in [0.2, 0.25) is 5.95 Å². The molecule has 1 saturated heterocycles. The van der Waals surface area contributed by atoms with Gasteiger partial charge < -0.3 is 10.2 Å². The zero-order valence-electron chi connectivity index (χ0n) is 11.9. The Morgan fingerprint density at radius 2 is 2.25 bits per heavy atom. The minimum absolute atomic E-state index is 0.601. The molecule has 5 heteroatoms. The maximum absolute atomic E-state index is 4.71. The number of nitrogens with one attached hydrogen (secondary N) is 1. The number of aryl methyl sites for hydroxylation is 1. The van der Waals surface area contributed by atoms with Crippen molar-refractivity contribution < 1.29 is 0 Å². The van der Waals surface area contributed by atoms with Crippen molar-refractivity contribution in [1.29, 1.82) is 0 Å². The summed E-state index contributed by atoms with van der Waals surface area (Å²) in [6, 6.07) is 5.39. The third-order valence-corrected chi connectivity index (χ3v) is 4.29. The first-order valence-electron chi connectivity index (χ1n) is 7.63. The Kier molecular flexibility index (Phi) is 2.88. The minimum atomic E-state index is 0.601. The predicted molar refractivity (Wildman–Crippen MR) is 79.1 cm³/mol. The fourth-order valence-corrected chi connectivity index (χ4v) is 3.03. The molecule has 2 aromatic rings. The second kappa shape index (κ2) is 4.74. The van der Waals surface area contributed by atoms with Crippen LogP contribution in [0.5, 0.6) is 0 Å². The normalized spacial score (nSPS) is 22.6. The summed E-state index contributed by atoms with van der Waals surface area (Å²) >= 11 is 0. The number of rotatable bonds is 4. The molecule has 4 rings (SSSR count). The van der Waals surface area contributed by atoms with Crippen LogP contribution in [-0.2, 0) is 0 Å². The summed E-state index contributed by atoms with van der Waals surface area (Å²) in [5.41, 5.74) is 2.15. The minimum Gasteiger partial charge on any atom is -0.335 e. The van der Waals surface area contributed by atoms with Crippen LogP contribution in [0.25, 0.3) is 5.65 Å². The van der Waals surface area contributed by atoms with Crippen LogP contribution in [0.3, 0.4) is 0 Å². The van der Waals surface area contributed by atoms with Gasteiger partial charge in [0.25, 0.3) is 0 Å². The van der Waals surface area contributed by atoms with Crippen LogP contribution >= 0.6 is 0 Å². The van der Waals surface area contributed by atoms with Gasteiger partial charge in [-0.1, -0.05) is 6.07 Å². The number of hydrogen-bond acceptors (Lipinski definition) is 4. The first-order valence-corrected chi connectivity index (χ1v) is 7.63. The third-order valence-electron chi connectivity index (χ3n) is 4.29. The average molecular weight is 271 g/mol. The molecule has 3 heterocycles. The molecule has 0 radical (unpaired) electrons. The van der Waals surface area contributed by atoms with E-state index in [1.54, 1.807) is 0 Å². The molecule has 2 aliphatic rings. The van der Waals surface area contributed by atoms with E-state index in [2.05, 4.69) is 28.3 Å². The maximum Gasteiger partial charge on any atom is 0.245 e. The van der Waals surface area contributed by atoms with E-state index < -0.39 is 0 Å². The quantitative estimate of drug-likeness (QED) is 0.920. The largest absolute Gasteiger partial charge is 0.335 e. The van der Waals surface area contributed by atoms with Gasteiger partial charge in [0.05, 0.1) is 0 Å². The molecule has 1 atom stereocenters. The highest BCUT2D eigenvalue weighted by Crippen LogP contribution is 2.30. The fourth-order valence-electron chi connectivity index (χ4n) is 3.03. The van der Waals surface area contributed by atoms with Gasteiger partial charge >= 0.3 is 0 Å². The van der Waals surface area contributed by atoms with Gasteiger partial charge in [0, 0.05) is 24.8 Å². The maximum atomic E-state index is 4.71. The third kappa shape index (κ3) is 2.26. The summed E-state index contributed by atoms with van der Waals surface area (Å²) in [6.07, 6.45) is 7.17. The van der Waals surface area contributed by atoms with Crippen LogP contribution in [0.15, 0.2) is 18.3 Å². The monoisotopic (exact) mass is 271 g/mol. The van der Waals surface area contributed by atoms with Gasteiger partial charge in [-0.15, -0.1) is 5.10 Å². The van der Waals surface area contributed by atoms with Gasteiger partial charge in [0.15, 0.2) is 5.65 Å². The molecule has 0 spiro atoms. The Bertz CT molecular complexity index is 610. The zero-order chi connectivity index (χ0) is 13.5. The van der Waals surface area contributed by atoms with E-state index in [0.717, 1.165) is 24.7 Å². The molecule has 1 aliphatic carbocycles. The molecular formula is C15H21N5. The highest BCUT2D eigenvalue weighted by atomic mass is 15.4. The van der Waals surface area contributed by atoms with Crippen molar-refractivity contribution >= 4 is 11.6 Å². The van der Waals surface area contributed by atoms with Crippen molar-refractivity contribution in [3.8, 4) is 0 Å². The first kappa shape index (κ1) is 12.1. The smallest absolute Gasteiger partial charge is 0.245 e. The highest BCUT2D eigenvalue weighted by molar-refractivity contribution is 5.46. The second-order valence-electron chi connectivity index (χ2n) is 6.10. The number of anilines is 1. The molecule has 0 bridgehead atoms. The number of hydrogen-bond donors (Lipinski definition) is 1. The molecular weight excluding hydrogens is 250 g/mol. The van der Waals surface area contributed by atoms with Crippen LogP contribution in [0.2, 0.25) is 0 Å². The molecule has 1 unspecified atom stereocenters. The van der Waals surface area contributed by atoms with Crippen molar-refractivity contribution in [1.82, 2.24) is 19.9 Å².